The van der Waals surface area contributed by atoms with E-state index in [1.807, 2.05) is 32.0 Å². The number of methoxy groups -OCH3 is 2. The summed E-state index contributed by atoms with van der Waals surface area (Å²) in [4.78, 5) is 25.0. The lowest BCUT2D eigenvalue weighted by atomic mass is 10.2. The van der Waals surface area contributed by atoms with E-state index in [1.165, 1.54) is 11.8 Å². The van der Waals surface area contributed by atoms with Crippen LogP contribution in [0, 0.1) is 6.92 Å². The van der Waals surface area contributed by atoms with Gasteiger partial charge in [-0.25, -0.2) is 0 Å². The summed E-state index contributed by atoms with van der Waals surface area (Å²) in [5, 5.41) is 14.7. The zero-order chi connectivity index (χ0) is 24.0. The van der Waals surface area contributed by atoms with Crippen molar-refractivity contribution in [2.75, 3.05) is 25.3 Å². The highest BCUT2D eigenvalue weighted by atomic mass is 32.2. The molecule has 1 atom stereocenters. The van der Waals surface area contributed by atoms with Gasteiger partial charge in [0.15, 0.2) is 11.0 Å². The third-order valence-corrected chi connectivity index (χ3v) is 5.94. The molecule has 0 aliphatic rings. The number of amides is 2. The molecule has 0 fully saturated rings. The van der Waals surface area contributed by atoms with Crippen molar-refractivity contribution in [3.05, 3.63) is 59.4 Å². The highest BCUT2D eigenvalue weighted by Crippen LogP contribution is 2.26. The lowest BCUT2D eigenvalue weighted by molar-refractivity contribution is -0.113. The third kappa shape index (κ3) is 6.04. The van der Waals surface area contributed by atoms with E-state index in [4.69, 9.17) is 9.47 Å². The fraction of sp³-hybridized carbons (Fsp3) is 0.304. The lowest BCUT2D eigenvalue weighted by Gasteiger charge is -2.14. The van der Waals surface area contributed by atoms with Crippen LogP contribution in [0.5, 0.6) is 11.5 Å². The molecule has 3 aromatic rings. The van der Waals surface area contributed by atoms with E-state index >= 15 is 0 Å². The van der Waals surface area contributed by atoms with Gasteiger partial charge in [-0.2, -0.15) is 0 Å². The van der Waals surface area contributed by atoms with Crippen molar-refractivity contribution in [1.29, 1.82) is 0 Å². The third-order valence-electron chi connectivity index (χ3n) is 4.92. The average Bonchev–Trinajstić information content (AvgIpc) is 3.18. The van der Waals surface area contributed by atoms with E-state index in [0.717, 1.165) is 5.56 Å². The number of ether oxygens (including phenoxy) is 2. The molecule has 9 nitrogen and oxygen atoms in total. The average molecular weight is 470 g/mol. The van der Waals surface area contributed by atoms with E-state index < -0.39 is 0 Å². The zero-order valence-electron chi connectivity index (χ0n) is 19.2. The van der Waals surface area contributed by atoms with Crippen molar-refractivity contribution in [2.45, 2.75) is 25.0 Å². The Morgan fingerprint density at radius 3 is 2.48 bits per heavy atom. The molecule has 1 heterocycles. The maximum absolute atomic E-state index is 12.5. The van der Waals surface area contributed by atoms with Crippen molar-refractivity contribution in [2.24, 2.45) is 7.05 Å². The molecule has 0 aliphatic heterocycles. The van der Waals surface area contributed by atoms with Crippen molar-refractivity contribution in [3.8, 4) is 11.5 Å². The van der Waals surface area contributed by atoms with Gasteiger partial charge in [0, 0.05) is 12.6 Å². The van der Waals surface area contributed by atoms with Crippen molar-refractivity contribution >= 4 is 29.3 Å². The number of benzene rings is 2. The van der Waals surface area contributed by atoms with Gasteiger partial charge in [-0.3, -0.25) is 9.59 Å². The van der Waals surface area contributed by atoms with Crippen molar-refractivity contribution < 1.29 is 19.1 Å². The summed E-state index contributed by atoms with van der Waals surface area (Å²) in [7, 11) is 4.93. The fourth-order valence-electron chi connectivity index (χ4n) is 3.15. The summed E-state index contributed by atoms with van der Waals surface area (Å²) < 4.78 is 12.2. The SMILES string of the molecule is COc1ccc(C(=O)N[C@@H](C)c2nnc(SCC(=O)Nc3cc(C)ccc3OC)n2C)cc1. The minimum absolute atomic E-state index is 0.148. The molecule has 0 saturated heterocycles. The smallest absolute Gasteiger partial charge is 0.251 e. The Kier molecular flexibility index (Phi) is 7.94. The molecule has 0 spiro atoms. The Morgan fingerprint density at radius 1 is 1.09 bits per heavy atom. The summed E-state index contributed by atoms with van der Waals surface area (Å²) >= 11 is 1.26. The van der Waals surface area contributed by atoms with Crippen LogP contribution in [-0.4, -0.2) is 46.6 Å². The Morgan fingerprint density at radius 2 is 1.82 bits per heavy atom. The molecule has 0 unspecified atom stereocenters. The molecule has 2 N–H and O–H groups in total. The molecule has 0 bridgehead atoms. The van der Waals surface area contributed by atoms with E-state index in [9.17, 15) is 9.59 Å². The molecule has 33 heavy (non-hydrogen) atoms. The fourth-order valence-corrected chi connectivity index (χ4v) is 3.87. The minimum atomic E-state index is -0.378. The van der Waals surface area contributed by atoms with Gasteiger partial charge >= 0.3 is 0 Å². The monoisotopic (exact) mass is 469 g/mol. The minimum Gasteiger partial charge on any atom is -0.497 e. The molecule has 3 rings (SSSR count). The lowest BCUT2D eigenvalue weighted by Crippen LogP contribution is -2.28. The quantitative estimate of drug-likeness (QED) is 0.463. The first kappa shape index (κ1) is 24.1. The van der Waals surface area contributed by atoms with E-state index in [1.54, 1.807) is 50.1 Å². The number of anilines is 1. The highest BCUT2D eigenvalue weighted by molar-refractivity contribution is 7.99. The molecule has 0 aliphatic carbocycles. The largest absolute Gasteiger partial charge is 0.497 e. The number of rotatable bonds is 9. The predicted octanol–water partition coefficient (Wildman–Crippen LogP) is 3.36. The van der Waals surface area contributed by atoms with Gasteiger partial charge in [-0.1, -0.05) is 17.8 Å². The maximum atomic E-state index is 12.5. The predicted molar refractivity (Wildman–Crippen MR) is 127 cm³/mol. The normalized spacial score (nSPS) is 11.5. The molecular formula is C23H27N5O4S. The van der Waals surface area contributed by atoms with Gasteiger partial charge in [-0.15, -0.1) is 10.2 Å². The molecule has 2 aromatic carbocycles. The van der Waals surface area contributed by atoms with Gasteiger partial charge < -0.3 is 24.7 Å². The van der Waals surface area contributed by atoms with Gasteiger partial charge in [0.05, 0.1) is 31.7 Å². The van der Waals surface area contributed by atoms with Crippen molar-refractivity contribution in [3.63, 3.8) is 0 Å². The van der Waals surface area contributed by atoms with Crippen LogP contribution in [0.1, 0.15) is 34.7 Å². The standard InChI is InChI=1S/C23H27N5O4S/c1-14-6-11-19(32-5)18(12-14)25-20(29)13-33-23-27-26-21(28(23)3)15(2)24-22(30)16-7-9-17(31-4)10-8-16/h6-12,15H,13H2,1-5H3,(H,24,30)(H,25,29)/t15-/m0/s1. The number of hydrogen-bond acceptors (Lipinski definition) is 7. The Bertz CT molecular complexity index is 1130. The second kappa shape index (κ2) is 10.9. The molecule has 0 saturated carbocycles. The second-order valence-corrected chi connectivity index (χ2v) is 8.31. The summed E-state index contributed by atoms with van der Waals surface area (Å²) in [6.45, 7) is 3.77. The highest BCUT2D eigenvalue weighted by Gasteiger charge is 2.19. The van der Waals surface area contributed by atoms with Gasteiger partial charge in [-0.05, 0) is 55.8 Å². The summed E-state index contributed by atoms with van der Waals surface area (Å²) in [5.41, 5.74) is 2.15. The second-order valence-electron chi connectivity index (χ2n) is 7.36. The van der Waals surface area contributed by atoms with Gasteiger partial charge in [0.2, 0.25) is 5.91 Å². The van der Waals surface area contributed by atoms with E-state index in [-0.39, 0.29) is 23.6 Å². The van der Waals surface area contributed by atoms with Crippen molar-refractivity contribution in [1.82, 2.24) is 20.1 Å². The van der Waals surface area contributed by atoms with E-state index in [0.29, 0.717) is 33.7 Å². The summed E-state index contributed by atoms with van der Waals surface area (Å²) in [6, 6.07) is 12.1. The van der Waals surface area contributed by atoms with E-state index in [2.05, 4.69) is 20.8 Å². The molecule has 2 amide bonds. The molecular weight excluding hydrogens is 442 g/mol. The summed E-state index contributed by atoms with van der Waals surface area (Å²) in [6.07, 6.45) is 0. The first-order valence-corrected chi connectivity index (χ1v) is 11.2. The topological polar surface area (TPSA) is 107 Å². The van der Waals surface area contributed by atoms with Crippen LogP contribution in [0.2, 0.25) is 0 Å². The molecule has 10 heteroatoms. The van der Waals surface area contributed by atoms with Crippen LogP contribution in [0.3, 0.4) is 0 Å². The number of thioether (sulfide) groups is 1. The molecule has 0 radical (unpaired) electrons. The Balaban J connectivity index is 1.59. The molecule has 1 aromatic heterocycles. The van der Waals surface area contributed by atoms with Gasteiger partial charge in [0.1, 0.15) is 11.5 Å². The Hall–Kier alpha value is -3.53. The number of carbonyl (C=O) groups excluding carboxylic acids is 2. The Labute approximate surface area is 196 Å². The number of nitrogens with zero attached hydrogens (tertiary/aromatic N) is 3. The maximum Gasteiger partial charge on any atom is 0.251 e. The first-order chi connectivity index (χ1) is 15.8. The van der Waals surface area contributed by atoms with Gasteiger partial charge in [0.25, 0.3) is 5.91 Å². The van der Waals surface area contributed by atoms with Crippen LogP contribution in [-0.2, 0) is 11.8 Å². The number of aryl methyl sites for hydroxylation is 1. The van der Waals surface area contributed by atoms with Crippen LogP contribution < -0.4 is 20.1 Å². The van der Waals surface area contributed by atoms with Crippen LogP contribution >= 0.6 is 11.8 Å². The van der Waals surface area contributed by atoms with Crippen LogP contribution in [0.15, 0.2) is 47.6 Å². The number of nitrogens with one attached hydrogen (secondary N) is 2. The zero-order valence-corrected chi connectivity index (χ0v) is 20.0. The number of carbonyl (C=O) groups is 2. The van der Waals surface area contributed by atoms with Crippen LogP contribution in [0.25, 0.3) is 0 Å². The number of aromatic nitrogens is 3. The summed E-state index contributed by atoms with van der Waals surface area (Å²) in [5.74, 6) is 1.60. The number of hydrogen-bond donors (Lipinski definition) is 2. The molecule has 174 valence electrons. The van der Waals surface area contributed by atoms with Crippen LogP contribution in [0.4, 0.5) is 5.69 Å². The first-order valence-electron chi connectivity index (χ1n) is 10.2.